The number of rotatable bonds is 2. The van der Waals surface area contributed by atoms with Crippen molar-refractivity contribution in [1.82, 2.24) is 9.55 Å². The molecular formula is C8H9IN2O. The van der Waals surface area contributed by atoms with E-state index in [1.807, 2.05) is 22.6 Å². The Balaban J connectivity index is 3.32. The quantitative estimate of drug-likeness (QED) is 0.603. The van der Waals surface area contributed by atoms with Gasteiger partial charge in [0.1, 0.15) is 5.82 Å². The Morgan fingerprint density at radius 2 is 2.50 bits per heavy atom. The van der Waals surface area contributed by atoms with Crippen LogP contribution in [-0.4, -0.2) is 9.55 Å². The van der Waals surface area contributed by atoms with Crippen molar-refractivity contribution in [3.8, 4) is 0 Å². The Morgan fingerprint density at radius 3 is 3.08 bits per heavy atom. The van der Waals surface area contributed by atoms with Crippen molar-refractivity contribution in [2.24, 2.45) is 0 Å². The van der Waals surface area contributed by atoms with Crippen LogP contribution in [0.4, 0.5) is 0 Å². The van der Waals surface area contributed by atoms with Gasteiger partial charge >= 0.3 is 0 Å². The minimum atomic E-state index is 0.00278. The summed E-state index contributed by atoms with van der Waals surface area (Å²) < 4.78 is 2.23. The van der Waals surface area contributed by atoms with Gasteiger partial charge in [0, 0.05) is 12.7 Å². The Morgan fingerprint density at radius 1 is 1.83 bits per heavy atom. The fourth-order valence-corrected chi connectivity index (χ4v) is 1.33. The summed E-state index contributed by atoms with van der Waals surface area (Å²) >= 11 is 1.98. The lowest BCUT2D eigenvalue weighted by Crippen LogP contribution is -2.24. The molecular weight excluding hydrogens is 267 g/mol. The number of aryl methyl sites for hydroxylation is 1. The molecule has 0 fully saturated rings. The highest BCUT2D eigenvalue weighted by atomic mass is 127. The van der Waals surface area contributed by atoms with Crippen molar-refractivity contribution >= 4 is 22.6 Å². The van der Waals surface area contributed by atoms with Gasteiger partial charge in [0.25, 0.3) is 5.56 Å². The van der Waals surface area contributed by atoms with Crippen molar-refractivity contribution in [3.63, 3.8) is 0 Å². The van der Waals surface area contributed by atoms with Crippen molar-refractivity contribution in [3.05, 3.63) is 38.6 Å². The lowest BCUT2D eigenvalue weighted by molar-refractivity contribution is 0.710. The Kier molecular flexibility index (Phi) is 3.02. The predicted molar refractivity (Wildman–Crippen MR) is 56.1 cm³/mol. The van der Waals surface area contributed by atoms with E-state index in [4.69, 9.17) is 0 Å². The number of hydrogen-bond donors (Lipinski definition) is 0. The van der Waals surface area contributed by atoms with E-state index in [0.717, 1.165) is 5.82 Å². The first-order chi connectivity index (χ1) is 5.66. The molecule has 0 aliphatic carbocycles. The van der Waals surface area contributed by atoms with E-state index >= 15 is 0 Å². The molecule has 0 unspecified atom stereocenters. The summed E-state index contributed by atoms with van der Waals surface area (Å²) in [6, 6.07) is 0. The van der Waals surface area contributed by atoms with Crippen LogP contribution in [0, 0.1) is 10.5 Å². The molecule has 0 aromatic carbocycles. The van der Waals surface area contributed by atoms with Crippen molar-refractivity contribution in [2.75, 3.05) is 0 Å². The van der Waals surface area contributed by atoms with E-state index in [0.29, 0.717) is 10.1 Å². The zero-order chi connectivity index (χ0) is 9.14. The highest BCUT2D eigenvalue weighted by Gasteiger charge is 2.02. The van der Waals surface area contributed by atoms with Gasteiger partial charge in [-0.3, -0.25) is 9.36 Å². The van der Waals surface area contributed by atoms with E-state index in [2.05, 4.69) is 11.6 Å². The minimum absolute atomic E-state index is 0.00278. The largest absolute Gasteiger partial charge is 0.292 e. The van der Waals surface area contributed by atoms with Crippen LogP contribution in [0.5, 0.6) is 0 Å². The van der Waals surface area contributed by atoms with Gasteiger partial charge in [-0.15, -0.1) is 6.58 Å². The second kappa shape index (κ2) is 3.84. The first kappa shape index (κ1) is 9.44. The summed E-state index contributed by atoms with van der Waals surface area (Å²) in [7, 11) is 0. The third-order valence-electron chi connectivity index (χ3n) is 1.52. The molecule has 0 atom stereocenters. The maximum atomic E-state index is 11.4. The molecule has 0 bridgehead atoms. The van der Waals surface area contributed by atoms with Gasteiger partial charge in [-0.1, -0.05) is 6.08 Å². The second-order valence-electron chi connectivity index (χ2n) is 2.36. The van der Waals surface area contributed by atoms with Gasteiger partial charge in [-0.05, 0) is 29.5 Å². The molecule has 0 saturated heterocycles. The molecule has 1 aromatic heterocycles. The van der Waals surface area contributed by atoms with Crippen LogP contribution in [0.25, 0.3) is 0 Å². The van der Waals surface area contributed by atoms with E-state index in [9.17, 15) is 4.79 Å². The molecule has 0 aliphatic rings. The fraction of sp³-hybridized carbons (Fsp3) is 0.250. The number of aromatic nitrogens is 2. The molecule has 1 heterocycles. The Bertz CT molecular complexity index is 357. The highest BCUT2D eigenvalue weighted by Crippen LogP contribution is 1.96. The van der Waals surface area contributed by atoms with Crippen molar-refractivity contribution in [2.45, 2.75) is 13.5 Å². The number of nitrogens with zero attached hydrogens (tertiary/aromatic N) is 2. The van der Waals surface area contributed by atoms with Crippen molar-refractivity contribution in [1.29, 1.82) is 0 Å². The zero-order valence-electron chi connectivity index (χ0n) is 6.75. The maximum absolute atomic E-state index is 11.4. The van der Waals surface area contributed by atoms with Gasteiger partial charge in [-0.2, -0.15) is 0 Å². The normalized spacial score (nSPS) is 9.83. The van der Waals surface area contributed by atoms with Crippen LogP contribution < -0.4 is 5.56 Å². The zero-order valence-corrected chi connectivity index (χ0v) is 8.91. The lowest BCUT2D eigenvalue weighted by atomic mass is 10.5. The summed E-state index contributed by atoms with van der Waals surface area (Å²) in [4.78, 5) is 15.5. The van der Waals surface area contributed by atoms with E-state index in [1.165, 1.54) is 0 Å². The first-order valence-corrected chi connectivity index (χ1v) is 4.57. The summed E-state index contributed by atoms with van der Waals surface area (Å²) in [6.07, 6.45) is 3.27. The van der Waals surface area contributed by atoms with Gasteiger partial charge in [0.05, 0.1) is 3.57 Å². The molecule has 1 aromatic rings. The van der Waals surface area contributed by atoms with Crippen LogP contribution in [0.2, 0.25) is 0 Å². The molecule has 0 saturated carbocycles. The lowest BCUT2D eigenvalue weighted by Gasteiger charge is -2.05. The van der Waals surface area contributed by atoms with Crippen molar-refractivity contribution < 1.29 is 0 Å². The van der Waals surface area contributed by atoms with Crippen LogP contribution in [-0.2, 0) is 6.54 Å². The number of allylic oxidation sites excluding steroid dienone is 1. The summed E-state index contributed by atoms with van der Waals surface area (Å²) in [5.41, 5.74) is 0.00278. The summed E-state index contributed by atoms with van der Waals surface area (Å²) in [6.45, 7) is 5.91. The monoisotopic (exact) mass is 276 g/mol. The summed E-state index contributed by atoms with van der Waals surface area (Å²) in [5, 5.41) is 0. The Labute approximate surface area is 84.3 Å². The first-order valence-electron chi connectivity index (χ1n) is 3.49. The molecule has 12 heavy (non-hydrogen) atoms. The van der Waals surface area contributed by atoms with Crippen LogP contribution in [0.15, 0.2) is 23.6 Å². The smallest absolute Gasteiger partial charge is 0.267 e. The molecule has 64 valence electrons. The molecule has 0 aliphatic heterocycles. The third kappa shape index (κ3) is 1.74. The number of hydrogen-bond acceptors (Lipinski definition) is 2. The molecule has 0 amide bonds. The fourth-order valence-electron chi connectivity index (χ4n) is 0.895. The van der Waals surface area contributed by atoms with Crippen LogP contribution in [0.1, 0.15) is 5.82 Å². The van der Waals surface area contributed by atoms with E-state index < -0.39 is 0 Å². The SMILES string of the molecule is C=CCn1c(C)ncc(I)c1=O. The highest BCUT2D eigenvalue weighted by molar-refractivity contribution is 14.1. The number of halogens is 1. The Hall–Kier alpha value is -0.650. The molecule has 3 nitrogen and oxygen atoms in total. The topological polar surface area (TPSA) is 34.9 Å². The molecule has 4 heteroatoms. The standard InChI is InChI=1S/C8H9IN2O/c1-3-4-11-6(2)10-5-7(9)8(11)12/h3,5H,1,4H2,2H3. The maximum Gasteiger partial charge on any atom is 0.267 e. The average molecular weight is 276 g/mol. The van der Waals surface area contributed by atoms with E-state index in [-0.39, 0.29) is 5.56 Å². The van der Waals surface area contributed by atoms with Crippen LogP contribution >= 0.6 is 22.6 Å². The predicted octanol–water partition coefficient (Wildman–Crippen LogP) is 1.34. The second-order valence-corrected chi connectivity index (χ2v) is 3.52. The van der Waals surface area contributed by atoms with Gasteiger partial charge in [0.15, 0.2) is 0 Å². The molecule has 0 radical (unpaired) electrons. The minimum Gasteiger partial charge on any atom is -0.292 e. The van der Waals surface area contributed by atoms with Crippen LogP contribution in [0.3, 0.4) is 0 Å². The third-order valence-corrected chi connectivity index (χ3v) is 2.26. The van der Waals surface area contributed by atoms with Gasteiger partial charge in [0.2, 0.25) is 0 Å². The van der Waals surface area contributed by atoms with Gasteiger partial charge < -0.3 is 0 Å². The summed E-state index contributed by atoms with van der Waals surface area (Å²) in [5.74, 6) is 0.723. The van der Waals surface area contributed by atoms with Gasteiger partial charge in [-0.25, -0.2) is 4.98 Å². The van der Waals surface area contributed by atoms with E-state index in [1.54, 1.807) is 23.8 Å². The molecule has 0 N–H and O–H groups in total. The molecule has 0 spiro atoms. The average Bonchev–Trinajstić information content (AvgIpc) is 2.06. The molecule has 1 rings (SSSR count).